The molecular formula is C31H47N8O6P. The molecule has 46 heavy (non-hydrogen) atoms. The van der Waals surface area contributed by atoms with Crippen LogP contribution in [0.3, 0.4) is 0 Å². The zero-order valence-corrected chi connectivity index (χ0v) is 28.6. The second kappa shape index (κ2) is 15.4. The lowest BCUT2D eigenvalue weighted by Gasteiger charge is -2.35. The zero-order valence-electron chi connectivity index (χ0n) is 27.7. The molecular weight excluding hydrogens is 611 g/mol. The van der Waals surface area contributed by atoms with Crippen molar-refractivity contribution in [2.24, 2.45) is 0 Å². The summed E-state index contributed by atoms with van der Waals surface area (Å²) in [5.74, 6) is 1.65. The van der Waals surface area contributed by atoms with Gasteiger partial charge in [0.1, 0.15) is 5.60 Å². The Bertz CT molecular complexity index is 1670. The Morgan fingerprint density at radius 2 is 1.48 bits per heavy atom. The van der Waals surface area contributed by atoms with Crippen LogP contribution in [0.15, 0.2) is 24.3 Å². The van der Waals surface area contributed by atoms with Gasteiger partial charge in [-0.2, -0.15) is 0 Å². The molecule has 4 aromatic rings. The second-order valence-corrected chi connectivity index (χ2v) is 13.4. The molecule has 0 aliphatic carbocycles. The van der Waals surface area contributed by atoms with Crippen LogP contribution in [0.4, 0.5) is 4.79 Å². The minimum absolute atomic E-state index is 0. The van der Waals surface area contributed by atoms with Crippen molar-refractivity contribution in [3.8, 4) is 0 Å². The maximum absolute atomic E-state index is 12.6. The molecule has 0 aromatic carbocycles. The van der Waals surface area contributed by atoms with Gasteiger partial charge in [0.05, 0.1) is 12.1 Å². The van der Waals surface area contributed by atoms with Gasteiger partial charge in [-0.1, -0.05) is 6.42 Å². The monoisotopic (exact) mass is 658 g/mol. The lowest BCUT2D eigenvalue weighted by molar-refractivity contribution is -0.244. The van der Waals surface area contributed by atoms with Crippen molar-refractivity contribution < 1.29 is 30.3 Å². The first-order valence-electron chi connectivity index (χ1n) is 15.6. The SMILES string of the molecule is Cc1cc(C)n2nc([C@@H]3CCCCN3)nc2c1.Cc1cc(C)n2nc([C@@H]3CCCCN3C(=O)OC(C)(C)C)nc2c1.O=[P+]([O-])OO.[HH]. The van der Waals surface area contributed by atoms with Crippen molar-refractivity contribution in [3.05, 3.63) is 58.4 Å². The van der Waals surface area contributed by atoms with E-state index in [0.717, 1.165) is 66.3 Å². The number of carbonyl (C=O) groups is 1. The summed E-state index contributed by atoms with van der Waals surface area (Å²) >= 11 is 0. The van der Waals surface area contributed by atoms with Crippen LogP contribution >= 0.6 is 8.25 Å². The Morgan fingerprint density at radius 1 is 0.935 bits per heavy atom. The largest absolute Gasteiger partial charge is 0.565 e. The highest BCUT2D eigenvalue weighted by Gasteiger charge is 2.34. The molecule has 0 bridgehead atoms. The lowest BCUT2D eigenvalue weighted by atomic mass is 10.0. The molecule has 4 aromatic heterocycles. The number of nitrogens with one attached hydrogen (secondary N) is 1. The first-order valence-corrected chi connectivity index (χ1v) is 16.7. The molecule has 3 atom stereocenters. The topological polar surface area (TPSA) is 172 Å². The molecule has 0 spiro atoms. The smallest absolute Gasteiger partial charge is 0.521 e. The van der Waals surface area contributed by atoms with Crippen molar-refractivity contribution in [2.75, 3.05) is 13.1 Å². The van der Waals surface area contributed by atoms with E-state index >= 15 is 0 Å². The Balaban J connectivity index is 0.000000228. The van der Waals surface area contributed by atoms with E-state index in [4.69, 9.17) is 19.5 Å². The molecule has 1 amide bonds. The van der Waals surface area contributed by atoms with Crippen LogP contribution in [-0.2, 0) is 14.0 Å². The predicted octanol–water partition coefficient (Wildman–Crippen LogP) is 5.71. The van der Waals surface area contributed by atoms with Gasteiger partial charge in [-0.15, -0.1) is 10.2 Å². The fourth-order valence-electron chi connectivity index (χ4n) is 5.76. The summed E-state index contributed by atoms with van der Waals surface area (Å²) < 4.78 is 21.0. The van der Waals surface area contributed by atoms with Crippen molar-refractivity contribution in [2.45, 2.75) is 105 Å². The lowest BCUT2D eigenvalue weighted by Crippen LogP contribution is -2.42. The fourth-order valence-corrected chi connectivity index (χ4v) is 5.76. The quantitative estimate of drug-likeness (QED) is 0.157. The number of amides is 1. The first-order chi connectivity index (χ1) is 21.8. The molecule has 252 valence electrons. The van der Waals surface area contributed by atoms with Crippen LogP contribution in [0.5, 0.6) is 0 Å². The third-order valence-corrected chi connectivity index (χ3v) is 7.80. The molecule has 1 unspecified atom stereocenters. The average Bonchev–Trinajstić information content (AvgIpc) is 3.63. The van der Waals surface area contributed by atoms with Gasteiger partial charge in [0.15, 0.2) is 22.9 Å². The van der Waals surface area contributed by atoms with Crippen molar-refractivity contribution >= 4 is 25.6 Å². The Labute approximate surface area is 271 Å². The van der Waals surface area contributed by atoms with E-state index in [1.165, 1.54) is 18.4 Å². The highest BCUT2D eigenvalue weighted by Crippen LogP contribution is 2.31. The molecule has 2 aliphatic heterocycles. The van der Waals surface area contributed by atoms with Crippen molar-refractivity contribution in [1.29, 1.82) is 0 Å². The molecule has 2 N–H and O–H groups in total. The zero-order chi connectivity index (χ0) is 33.6. The third-order valence-electron chi connectivity index (χ3n) is 7.67. The number of fused-ring (bicyclic) bond motifs is 2. The molecule has 2 aliphatic rings. The average molecular weight is 659 g/mol. The first kappa shape index (κ1) is 35.3. The Hall–Kier alpha value is -3.55. The summed E-state index contributed by atoms with van der Waals surface area (Å²) in [7, 11) is -3.04. The van der Waals surface area contributed by atoms with Gasteiger partial charge < -0.3 is 14.9 Å². The summed E-state index contributed by atoms with van der Waals surface area (Å²) in [6, 6.07) is 8.55. The van der Waals surface area contributed by atoms with E-state index < -0.39 is 13.9 Å². The van der Waals surface area contributed by atoms with Crippen LogP contribution in [0, 0.1) is 27.7 Å². The van der Waals surface area contributed by atoms with E-state index in [0.29, 0.717) is 18.4 Å². The van der Waals surface area contributed by atoms with Gasteiger partial charge >= 0.3 is 14.3 Å². The van der Waals surface area contributed by atoms with Crippen LogP contribution in [-0.4, -0.2) is 64.1 Å². The van der Waals surface area contributed by atoms with E-state index in [-0.39, 0.29) is 13.6 Å². The number of hydrogen-bond acceptors (Lipinski definition) is 11. The maximum atomic E-state index is 12.6. The number of likely N-dealkylation sites (tertiary alicyclic amines) is 1. The molecule has 0 radical (unpaired) electrons. The summed E-state index contributed by atoms with van der Waals surface area (Å²) in [6.45, 7) is 15.7. The molecule has 2 fully saturated rings. The summed E-state index contributed by atoms with van der Waals surface area (Å²) in [4.78, 5) is 32.6. The van der Waals surface area contributed by atoms with Crippen LogP contribution in [0.1, 0.15) is 107 Å². The number of rotatable bonds is 3. The van der Waals surface area contributed by atoms with Crippen LogP contribution in [0.2, 0.25) is 0 Å². The number of carbonyl (C=O) groups excluding carboxylic acids is 1. The Kier molecular flexibility index (Phi) is 11.8. The number of piperidine rings is 2. The van der Waals surface area contributed by atoms with Crippen molar-refractivity contribution in [1.82, 2.24) is 39.4 Å². The summed E-state index contributed by atoms with van der Waals surface area (Å²) in [5.41, 5.74) is 5.89. The van der Waals surface area contributed by atoms with E-state index in [1.54, 1.807) is 4.90 Å². The molecule has 15 heteroatoms. The normalized spacial score (nSPS) is 18.8. The highest BCUT2D eigenvalue weighted by atomic mass is 31.1. The number of hydrogen-bond donors (Lipinski definition) is 2. The second-order valence-electron chi connectivity index (χ2n) is 12.8. The number of aromatic nitrogens is 6. The standard InChI is InChI=1S/C18H26N4O2.C13H18N4.HO4P.H2/c1-12-10-13(2)22-15(11-12)19-16(20-22)14-8-6-7-9-21(14)17(23)24-18(3,4)5;1-9-7-10(2)17-12(8-9)15-13(16-17)11-5-3-4-6-14-11;1-4-5(2)3;/h10-11,14H,6-9H2,1-5H3;7-8,11,14H,3-6H2,1-2H3;1H;1H/t14-;11-;;/m00../s1. The molecule has 14 nitrogen and oxygen atoms in total. The highest BCUT2D eigenvalue weighted by molar-refractivity contribution is 7.30. The molecule has 0 saturated carbocycles. The van der Waals surface area contributed by atoms with Crippen LogP contribution < -0.4 is 10.2 Å². The van der Waals surface area contributed by atoms with E-state index in [1.807, 2.05) is 42.8 Å². The summed E-state index contributed by atoms with van der Waals surface area (Å²) in [5, 5.41) is 19.8. The van der Waals surface area contributed by atoms with Gasteiger partial charge in [-0.3, -0.25) is 4.90 Å². The van der Waals surface area contributed by atoms with Gasteiger partial charge in [0.2, 0.25) is 0 Å². The molecule has 6 heterocycles. The molecule has 2 saturated heterocycles. The maximum Gasteiger partial charge on any atom is 0.521 e. The van der Waals surface area contributed by atoms with Gasteiger partial charge in [-0.25, -0.2) is 29.1 Å². The number of ether oxygens (including phenoxy) is 1. The van der Waals surface area contributed by atoms with Gasteiger partial charge in [0, 0.05) is 24.0 Å². The van der Waals surface area contributed by atoms with Gasteiger partial charge in [-0.05, 0) is 127 Å². The molecule has 6 rings (SSSR count). The van der Waals surface area contributed by atoms with Gasteiger partial charge in [0.25, 0.3) is 0 Å². The van der Waals surface area contributed by atoms with Crippen LogP contribution in [0.25, 0.3) is 11.3 Å². The Morgan fingerprint density at radius 3 is 2.00 bits per heavy atom. The van der Waals surface area contributed by atoms with Crippen molar-refractivity contribution in [3.63, 3.8) is 0 Å². The third kappa shape index (κ3) is 9.26. The minimum atomic E-state index is -3.04. The fraction of sp³-hybridized carbons (Fsp3) is 0.581. The summed E-state index contributed by atoms with van der Waals surface area (Å²) in [6.07, 6.45) is 6.33. The number of nitrogens with zero attached hydrogens (tertiary/aromatic N) is 7. The minimum Gasteiger partial charge on any atom is -0.565 e. The van der Waals surface area contributed by atoms with E-state index in [9.17, 15) is 4.79 Å². The number of pyridine rings is 2. The number of aryl methyl sites for hydroxylation is 4. The van der Waals surface area contributed by atoms with E-state index in [2.05, 4.69) is 69.1 Å². The predicted molar refractivity (Wildman–Crippen MR) is 172 cm³/mol.